The molecule has 0 bridgehead atoms. The molecule has 1 aliphatic carbocycles. The van der Waals surface area contributed by atoms with E-state index in [0.29, 0.717) is 5.89 Å². The molecule has 1 aromatic carbocycles. The van der Waals surface area contributed by atoms with Gasteiger partial charge in [-0.05, 0) is 25.0 Å². The lowest BCUT2D eigenvalue weighted by atomic mass is 10.1. The minimum atomic E-state index is -1.24. The highest BCUT2D eigenvalue weighted by Crippen LogP contribution is 2.39. The Morgan fingerprint density at radius 1 is 1.35 bits per heavy atom. The second-order valence-electron chi connectivity index (χ2n) is 4.60. The maximum atomic E-state index is 13.6. The zero-order valence-corrected chi connectivity index (χ0v) is 10.4. The molecule has 1 fully saturated rings. The lowest BCUT2D eigenvalue weighted by Gasteiger charge is -1.99. The number of hydrogen-bond donors (Lipinski definition) is 1. The molecule has 1 N–H and O–H groups in total. The van der Waals surface area contributed by atoms with E-state index in [9.17, 15) is 14.3 Å². The molecule has 1 saturated carbocycles. The van der Waals surface area contributed by atoms with E-state index in [-0.39, 0.29) is 22.9 Å². The van der Waals surface area contributed by atoms with E-state index < -0.39 is 11.8 Å². The summed E-state index contributed by atoms with van der Waals surface area (Å²) in [5, 5.41) is 16.8. The van der Waals surface area contributed by atoms with Gasteiger partial charge in [0.1, 0.15) is 11.4 Å². The number of carbonyl (C=O) groups is 1. The summed E-state index contributed by atoms with van der Waals surface area (Å²) >= 11 is 0. The first-order chi connectivity index (χ1) is 9.65. The molecule has 1 aliphatic rings. The van der Waals surface area contributed by atoms with Crippen LogP contribution in [0, 0.1) is 5.82 Å². The van der Waals surface area contributed by atoms with Gasteiger partial charge in [0, 0.05) is 11.5 Å². The lowest BCUT2D eigenvalue weighted by molar-refractivity contribution is -0.130. The van der Waals surface area contributed by atoms with Crippen molar-refractivity contribution >= 4 is 17.6 Å². The Labute approximate surface area is 113 Å². The van der Waals surface area contributed by atoms with Gasteiger partial charge in [-0.25, -0.2) is 9.18 Å². The van der Waals surface area contributed by atoms with Crippen LogP contribution in [-0.4, -0.2) is 21.3 Å². The minimum absolute atomic E-state index is 0.0948. The van der Waals surface area contributed by atoms with Crippen molar-refractivity contribution in [3.63, 3.8) is 0 Å². The van der Waals surface area contributed by atoms with Crippen LogP contribution in [0.2, 0.25) is 0 Å². The molecular weight excluding hydrogens is 263 g/mol. The summed E-state index contributed by atoms with van der Waals surface area (Å²) in [7, 11) is 0. The highest BCUT2D eigenvalue weighted by atomic mass is 19.1. The zero-order valence-electron chi connectivity index (χ0n) is 10.4. The SMILES string of the molecule is O=C(O)/C(=C\c1ccccc1F)c1nnc(C2CC2)o1. The summed E-state index contributed by atoms with van der Waals surface area (Å²) in [4.78, 5) is 11.3. The van der Waals surface area contributed by atoms with Gasteiger partial charge in [0.15, 0.2) is 0 Å². The lowest BCUT2D eigenvalue weighted by Crippen LogP contribution is -2.00. The van der Waals surface area contributed by atoms with Crippen molar-refractivity contribution in [3.8, 4) is 0 Å². The summed E-state index contributed by atoms with van der Waals surface area (Å²) in [5.41, 5.74) is -0.0504. The smallest absolute Gasteiger partial charge is 0.341 e. The number of halogens is 1. The third-order valence-electron chi connectivity index (χ3n) is 3.03. The van der Waals surface area contributed by atoms with E-state index in [1.165, 1.54) is 24.3 Å². The summed E-state index contributed by atoms with van der Waals surface area (Å²) in [6.45, 7) is 0. The number of aliphatic carboxylic acids is 1. The van der Waals surface area contributed by atoms with Crippen molar-refractivity contribution in [2.75, 3.05) is 0 Å². The normalized spacial score (nSPS) is 15.3. The van der Waals surface area contributed by atoms with E-state index in [1.54, 1.807) is 6.07 Å². The molecule has 102 valence electrons. The Balaban J connectivity index is 1.99. The second kappa shape index (κ2) is 4.88. The predicted molar refractivity (Wildman–Crippen MR) is 68.2 cm³/mol. The largest absolute Gasteiger partial charge is 0.477 e. The first-order valence-electron chi connectivity index (χ1n) is 6.18. The standard InChI is InChI=1S/C14H11FN2O3/c15-11-4-2-1-3-9(11)7-10(14(18)19)13-17-16-12(20-13)8-5-6-8/h1-4,7-8H,5-6H2,(H,18,19)/b10-7-. The van der Waals surface area contributed by atoms with E-state index >= 15 is 0 Å². The van der Waals surface area contributed by atoms with Crippen LogP contribution in [0.25, 0.3) is 11.6 Å². The highest BCUT2D eigenvalue weighted by molar-refractivity contribution is 6.19. The molecular formula is C14H11FN2O3. The van der Waals surface area contributed by atoms with Crippen molar-refractivity contribution in [1.29, 1.82) is 0 Å². The van der Waals surface area contributed by atoms with Crippen LogP contribution in [-0.2, 0) is 4.79 Å². The summed E-state index contributed by atoms with van der Waals surface area (Å²) < 4.78 is 18.9. The van der Waals surface area contributed by atoms with Crippen molar-refractivity contribution in [3.05, 3.63) is 47.4 Å². The van der Waals surface area contributed by atoms with Crippen LogP contribution in [0.4, 0.5) is 4.39 Å². The number of rotatable bonds is 4. The Morgan fingerprint density at radius 3 is 2.75 bits per heavy atom. The van der Waals surface area contributed by atoms with E-state index in [0.717, 1.165) is 12.8 Å². The topological polar surface area (TPSA) is 76.2 Å². The maximum Gasteiger partial charge on any atom is 0.341 e. The Kier molecular flexibility index (Phi) is 3.06. The minimum Gasteiger partial charge on any atom is -0.477 e. The van der Waals surface area contributed by atoms with Gasteiger partial charge < -0.3 is 9.52 Å². The Hall–Kier alpha value is -2.50. The molecule has 0 amide bonds. The average molecular weight is 274 g/mol. The molecule has 0 saturated heterocycles. The van der Waals surface area contributed by atoms with E-state index in [1.807, 2.05) is 0 Å². The van der Waals surface area contributed by atoms with Gasteiger partial charge in [0.2, 0.25) is 5.89 Å². The molecule has 2 aromatic rings. The third-order valence-corrected chi connectivity index (χ3v) is 3.03. The monoisotopic (exact) mass is 274 g/mol. The summed E-state index contributed by atoms with van der Waals surface area (Å²) in [6, 6.07) is 5.90. The quantitative estimate of drug-likeness (QED) is 0.867. The number of carboxylic acids is 1. The van der Waals surface area contributed by atoms with Crippen molar-refractivity contribution in [2.45, 2.75) is 18.8 Å². The molecule has 3 rings (SSSR count). The number of nitrogens with zero attached hydrogens (tertiary/aromatic N) is 2. The Morgan fingerprint density at radius 2 is 2.10 bits per heavy atom. The fourth-order valence-electron chi connectivity index (χ4n) is 1.80. The zero-order chi connectivity index (χ0) is 14.1. The van der Waals surface area contributed by atoms with E-state index in [2.05, 4.69) is 10.2 Å². The van der Waals surface area contributed by atoms with Gasteiger partial charge in [-0.3, -0.25) is 0 Å². The summed E-state index contributed by atoms with van der Waals surface area (Å²) in [6.07, 6.45) is 3.14. The predicted octanol–water partition coefficient (Wildman–Crippen LogP) is 2.71. The third kappa shape index (κ3) is 2.45. The number of aromatic nitrogens is 2. The van der Waals surface area contributed by atoms with Crippen LogP contribution in [0.3, 0.4) is 0 Å². The molecule has 1 heterocycles. The van der Waals surface area contributed by atoms with Crippen molar-refractivity contribution in [2.24, 2.45) is 0 Å². The fraction of sp³-hybridized carbons (Fsp3) is 0.214. The highest BCUT2D eigenvalue weighted by Gasteiger charge is 2.30. The van der Waals surface area contributed by atoms with Gasteiger partial charge in [0.05, 0.1) is 0 Å². The molecule has 1 aromatic heterocycles. The molecule has 0 spiro atoms. The molecule has 6 heteroatoms. The number of carboxylic acid groups (broad SMARTS) is 1. The van der Waals surface area contributed by atoms with Gasteiger partial charge in [0.25, 0.3) is 5.89 Å². The van der Waals surface area contributed by atoms with Crippen LogP contribution in [0.1, 0.15) is 36.1 Å². The first-order valence-corrected chi connectivity index (χ1v) is 6.18. The van der Waals surface area contributed by atoms with Gasteiger partial charge in [-0.15, -0.1) is 10.2 Å². The maximum absolute atomic E-state index is 13.6. The molecule has 0 atom stereocenters. The van der Waals surface area contributed by atoms with Crippen molar-refractivity contribution < 1.29 is 18.7 Å². The second-order valence-corrected chi connectivity index (χ2v) is 4.60. The first kappa shape index (κ1) is 12.5. The average Bonchev–Trinajstić information content (AvgIpc) is 3.16. The fourth-order valence-corrected chi connectivity index (χ4v) is 1.80. The number of benzene rings is 1. The van der Waals surface area contributed by atoms with E-state index in [4.69, 9.17) is 4.42 Å². The molecule has 0 unspecified atom stereocenters. The van der Waals surface area contributed by atoms with Gasteiger partial charge in [-0.2, -0.15) is 0 Å². The van der Waals surface area contributed by atoms with Crippen LogP contribution in [0.5, 0.6) is 0 Å². The summed E-state index contributed by atoms with van der Waals surface area (Å²) in [5.74, 6) is -1.16. The van der Waals surface area contributed by atoms with Gasteiger partial charge in [-0.1, -0.05) is 18.2 Å². The number of hydrogen-bond acceptors (Lipinski definition) is 4. The van der Waals surface area contributed by atoms with Gasteiger partial charge >= 0.3 is 5.97 Å². The molecule has 5 nitrogen and oxygen atoms in total. The molecule has 0 aliphatic heterocycles. The molecule has 0 radical (unpaired) electrons. The van der Waals surface area contributed by atoms with Crippen molar-refractivity contribution in [1.82, 2.24) is 10.2 Å². The van der Waals surface area contributed by atoms with Crippen LogP contribution < -0.4 is 0 Å². The molecule has 20 heavy (non-hydrogen) atoms. The van der Waals surface area contributed by atoms with Crippen LogP contribution >= 0.6 is 0 Å². The van der Waals surface area contributed by atoms with Crippen LogP contribution in [0.15, 0.2) is 28.7 Å². The Bertz CT molecular complexity index is 689.